The van der Waals surface area contributed by atoms with Crippen molar-refractivity contribution in [3.05, 3.63) is 33.3 Å². The lowest BCUT2D eigenvalue weighted by Crippen LogP contribution is -2.24. The number of carbonyl (C=O) groups excluding carboxylic acids is 1. The maximum atomic E-state index is 11.7. The molecule has 0 unspecified atom stereocenters. The van der Waals surface area contributed by atoms with E-state index in [0.29, 0.717) is 23.6 Å². The first-order chi connectivity index (χ1) is 8.13. The van der Waals surface area contributed by atoms with Gasteiger partial charge in [-0.15, -0.1) is 0 Å². The van der Waals surface area contributed by atoms with Crippen molar-refractivity contribution >= 4 is 33.4 Å². The van der Waals surface area contributed by atoms with Crippen LogP contribution in [0.5, 0.6) is 0 Å². The molecule has 0 spiro atoms. The molecule has 0 fully saturated rings. The molecule has 90 valence electrons. The minimum absolute atomic E-state index is 0.148. The van der Waals surface area contributed by atoms with Gasteiger partial charge in [0.1, 0.15) is 0 Å². The minimum atomic E-state index is -0.148. The Morgan fingerprint density at radius 2 is 2.18 bits per heavy atom. The van der Waals surface area contributed by atoms with Gasteiger partial charge in [-0.1, -0.05) is 27.5 Å². The van der Waals surface area contributed by atoms with Crippen LogP contribution < -0.4 is 5.32 Å². The van der Waals surface area contributed by atoms with Crippen LogP contribution in [0.15, 0.2) is 22.7 Å². The fourth-order valence-electron chi connectivity index (χ4n) is 1.32. The van der Waals surface area contributed by atoms with Gasteiger partial charge in [0.25, 0.3) is 5.91 Å². The first kappa shape index (κ1) is 14.0. The molecule has 1 aromatic rings. The minimum Gasteiger partial charge on any atom is -0.352 e. The van der Waals surface area contributed by atoms with Gasteiger partial charge in [0.2, 0.25) is 0 Å². The molecule has 0 aliphatic heterocycles. The second kappa shape index (κ2) is 7.31. The van der Waals surface area contributed by atoms with Crippen LogP contribution in [0.1, 0.15) is 29.6 Å². The monoisotopic (exact) mass is 314 g/mol. The predicted molar refractivity (Wildman–Crippen MR) is 70.9 cm³/mol. The van der Waals surface area contributed by atoms with E-state index in [1.807, 2.05) is 0 Å². The lowest BCUT2D eigenvalue weighted by atomic mass is 10.2. The number of nitrogens with zero attached hydrogens (tertiary/aromatic N) is 1. The van der Waals surface area contributed by atoms with E-state index in [2.05, 4.69) is 27.3 Å². The van der Waals surface area contributed by atoms with Crippen molar-refractivity contribution in [3.8, 4) is 6.07 Å². The first-order valence-electron chi connectivity index (χ1n) is 5.24. The second-order valence-electron chi connectivity index (χ2n) is 3.53. The van der Waals surface area contributed by atoms with Crippen LogP contribution in [0, 0.1) is 11.3 Å². The zero-order valence-corrected chi connectivity index (χ0v) is 11.5. The van der Waals surface area contributed by atoms with Crippen LogP contribution in [0.4, 0.5) is 0 Å². The Balaban J connectivity index is 2.44. The number of amides is 1. The molecule has 0 aliphatic carbocycles. The molecule has 0 saturated heterocycles. The average Bonchev–Trinajstić information content (AvgIpc) is 2.27. The van der Waals surface area contributed by atoms with E-state index in [1.54, 1.807) is 18.2 Å². The summed E-state index contributed by atoms with van der Waals surface area (Å²) in [6, 6.07) is 7.13. The Labute approximate surface area is 114 Å². The molecule has 3 nitrogen and oxygen atoms in total. The summed E-state index contributed by atoms with van der Waals surface area (Å²) in [6.45, 7) is 0.574. The molecule has 1 aromatic carbocycles. The highest BCUT2D eigenvalue weighted by molar-refractivity contribution is 9.10. The van der Waals surface area contributed by atoms with E-state index in [9.17, 15) is 4.79 Å². The molecule has 0 atom stereocenters. The van der Waals surface area contributed by atoms with Crippen molar-refractivity contribution in [2.75, 3.05) is 6.54 Å². The van der Waals surface area contributed by atoms with Crippen LogP contribution in [0.25, 0.3) is 0 Å². The predicted octanol–water partition coefficient (Wildman–Crippen LogP) is 3.53. The van der Waals surface area contributed by atoms with Gasteiger partial charge in [0.05, 0.1) is 6.07 Å². The van der Waals surface area contributed by atoms with Gasteiger partial charge < -0.3 is 5.32 Å². The highest BCUT2D eigenvalue weighted by Crippen LogP contribution is 2.19. The van der Waals surface area contributed by atoms with Crippen LogP contribution in [0.2, 0.25) is 5.02 Å². The highest BCUT2D eigenvalue weighted by Gasteiger charge is 2.06. The fraction of sp³-hybridized carbons (Fsp3) is 0.333. The molecule has 17 heavy (non-hydrogen) atoms. The standard InChI is InChI=1S/C12H12BrClN2O/c13-10-6-9(7-11(14)8-10)12(17)16-5-3-1-2-4-15/h6-8H,1-3,5H2,(H,16,17). The zero-order valence-electron chi connectivity index (χ0n) is 9.17. The number of nitriles is 1. The quantitative estimate of drug-likeness (QED) is 0.845. The SMILES string of the molecule is N#CCCCCNC(=O)c1cc(Cl)cc(Br)c1. The number of unbranched alkanes of at least 4 members (excludes halogenated alkanes) is 2. The molecule has 1 N–H and O–H groups in total. The van der Waals surface area contributed by atoms with E-state index in [1.165, 1.54) is 0 Å². The van der Waals surface area contributed by atoms with Gasteiger partial charge in [-0.2, -0.15) is 5.26 Å². The molecule has 0 heterocycles. The van der Waals surface area contributed by atoms with Gasteiger partial charge in [-0.05, 0) is 31.0 Å². The fourth-order valence-corrected chi connectivity index (χ4v) is 2.18. The van der Waals surface area contributed by atoms with Crippen molar-refractivity contribution in [1.29, 1.82) is 5.26 Å². The van der Waals surface area contributed by atoms with Crippen molar-refractivity contribution < 1.29 is 4.79 Å². The molecule has 0 bridgehead atoms. The van der Waals surface area contributed by atoms with Crippen molar-refractivity contribution in [2.45, 2.75) is 19.3 Å². The van der Waals surface area contributed by atoms with Crippen molar-refractivity contribution in [1.82, 2.24) is 5.32 Å². The number of nitrogens with one attached hydrogen (secondary N) is 1. The van der Waals surface area contributed by atoms with Gasteiger partial charge in [0.15, 0.2) is 0 Å². The normalized spacial score (nSPS) is 9.71. The topological polar surface area (TPSA) is 52.9 Å². The molecule has 1 amide bonds. The molecule has 0 aliphatic rings. The van der Waals surface area contributed by atoms with Crippen molar-refractivity contribution in [2.24, 2.45) is 0 Å². The lowest BCUT2D eigenvalue weighted by molar-refractivity contribution is 0.0953. The van der Waals surface area contributed by atoms with Crippen LogP contribution in [0.3, 0.4) is 0 Å². The average molecular weight is 316 g/mol. The molecule has 0 aromatic heterocycles. The van der Waals surface area contributed by atoms with Crippen LogP contribution >= 0.6 is 27.5 Å². The molecular weight excluding hydrogens is 304 g/mol. The van der Waals surface area contributed by atoms with Crippen molar-refractivity contribution in [3.63, 3.8) is 0 Å². The Morgan fingerprint density at radius 1 is 1.41 bits per heavy atom. The Bertz CT molecular complexity index is 422. The summed E-state index contributed by atoms with van der Waals surface area (Å²) in [5, 5.41) is 11.7. The molecule has 1 rings (SSSR count). The number of hydrogen-bond donors (Lipinski definition) is 1. The van der Waals surface area contributed by atoms with E-state index in [4.69, 9.17) is 16.9 Å². The van der Waals surface area contributed by atoms with E-state index in [0.717, 1.165) is 17.3 Å². The first-order valence-corrected chi connectivity index (χ1v) is 6.42. The Kier molecular flexibility index (Phi) is 6.03. The van der Waals surface area contributed by atoms with E-state index in [-0.39, 0.29) is 5.91 Å². The summed E-state index contributed by atoms with van der Waals surface area (Å²) in [7, 11) is 0. The van der Waals surface area contributed by atoms with E-state index < -0.39 is 0 Å². The molecular formula is C12H12BrClN2O. The summed E-state index contributed by atoms with van der Waals surface area (Å²) in [5.41, 5.74) is 0.532. The van der Waals surface area contributed by atoms with Crippen LogP contribution in [-0.2, 0) is 0 Å². The van der Waals surface area contributed by atoms with E-state index >= 15 is 0 Å². The summed E-state index contributed by atoms with van der Waals surface area (Å²) in [5.74, 6) is -0.148. The van der Waals surface area contributed by atoms with Gasteiger partial charge in [-0.25, -0.2) is 0 Å². The van der Waals surface area contributed by atoms with Gasteiger partial charge in [-0.3, -0.25) is 4.79 Å². The van der Waals surface area contributed by atoms with Gasteiger partial charge >= 0.3 is 0 Å². The maximum Gasteiger partial charge on any atom is 0.251 e. The number of benzene rings is 1. The molecule has 5 heteroatoms. The maximum absolute atomic E-state index is 11.7. The Hall–Kier alpha value is -1.05. The third-order valence-corrected chi connectivity index (χ3v) is 2.80. The summed E-state index contributed by atoms with van der Waals surface area (Å²) in [6.07, 6.45) is 2.13. The number of carbonyl (C=O) groups is 1. The smallest absolute Gasteiger partial charge is 0.251 e. The molecule has 0 saturated carbocycles. The van der Waals surface area contributed by atoms with Crippen LogP contribution in [-0.4, -0.2) is 12.5 Å². The second-order valence-corrected chi connectivity index (χ2v) is 4.88. The summed E-state index contributed by atoms with van der Waals surface area (Å²) >= 11 is 9.13. The molecule has 0 radical (unpaired) electrons. The number of rotatable bonds is 5. The summed E-state index contributed by atoms with van der Waals surface area (Å²) < 4.78 is 0.777. The third-order valence-electron chi connectivity index (χ3n) is 2.13. The number of halogens is 2. The van der Waals surface area contributed by atoms with Gasteiger partial charge in [0, 0.05) is 28.0 Å². The lowest BCUT2D eigenvalue weighted by Gasteiger charge is -2.05. The summed E-state index contributed by atoms with van der Waals surface area (Å²) in [4.78, 5) is 11.7. The largest absolute Gasteiger partial charge is 0.352 e. The Morgan fingerprint density at radius 3 is 2.82 bits per heavy atom. The zero-order chi connectivity index (χ0) is 12.7. The third kappa shape index (κ3) is 5.20. The highest BCUT2D eigenvalue weighted by atomic mass is 79.9. The number of hydrogen-bond acceptors (Lipinski definition) is 2.